The number of rotatable bonds is 3. The molecular formula is C14H23NO4. The van der Waals surface area contributed by atoms with Crippen molar-refractivity contribution >= 4 is 12.1 Å². The van der Waals surface area contributed by atoms with E-state index in [4.69, 9.17) is 9.47 Å². The number of hydrogen-bond donors (Lipinski definition) is 1. The van der Waals surface area contributed by atoms with Gasteiger partial charge in [0, 0.05) is 12.3 Å². The van der Waals surface area contributed by atoms with Gasteiger partial charge in [0.1, 0.15) is 11.7 Å². The molecule has 0 aromatic heterocycles. The van der Waals surface area contributed by atoms with Gasteiger partial charge in [-0.2, -0.15) is 0 Å². The summed E-state index contributed by atoms with van der Waals surface area (Å²) in [7, 11) is 0. The van der Waals surface area contributed by atoms with Gasteiger partial charge in [0.2, 0.25) is 0 Å². The fraction of sp³-hybridized carbons (Fsp3) is 0.714. The molecule has 1 fully saturated rings. The lowest BCUT2D eigenvalue weighted by Gasteiger charge is -2.21. The Morgan fingerprint density at radius 2 is 1.79 bits per heavy atom. The molecule has 5 nitrogen and oxygen atoms in total. The lowest BCUT2D eigenvalue weighted by atomic mass is 9.98. The molecule has 19 heavy (non-hydrogen) atoms. The van der Waals surface area contributed by atoms with E-state index >= 15 is 0 Å². The normalized spacial score (nSPS) is 17.2. The van der Waals surface area contributed by atoms with E-state index in [1.54, 1.807) is 20.8 Å². The van der Waals surface area contributed by atoms with E-state index in [0.717, 1.165) is 25.7 Å². The first-order valence-corrected chi connectivity index (χ1v) is 6.73. The highest BCUT2D eigenvalue weighted by molar-refractivity contribution is 5.82. The van der Waals surface area contributed by atoms with E-state index in [2.05, 4.69) is 5.32 Å². The molecule has 108 valence electrons. The second kappa shape index (κ2) is 7.16. The van der Waals surface area contributed by atoms with Crippen LogP contribution in [0.15, 0.2) is 12.3 Å². The largest absolute Gasteiger partial charge is 0.459 e. The highest BCUT2D eigenvalue weighted by atomic mass is 16.6. The molecule has 1 saturated carbocycles. The van der Waals surface area contributed by atoms with Gasteiger partial charge in [0.05, 0.1) is 0 Å². The topological polar surface area (TPSA) is 64.6 Å². The average Bonchev–Trinajstić information content (AvgIpc) is 2.27. The number of hydrogen-bond acceptors (Lipinski definition) is 4. The number of nitrogens with one attached hydrogen (secondary N) is 1. The molecule has 1 amide bonds. The van der Waals surface area contributed by atoms with Gasteiger partial charge in [-0.3, -0.25) is 5.32 Å². The Bertz CT molecular complexity index is 338. The van der Waals surface area contributed by atoms with Crippen molar-refractivity contribution in [2.75, 3.05) is 0 Å². The third-order valence-electron chi connectivity index (χ3n) is 2.65. The number of ether oxygens (including phenoxy) is 2. The number of esters is 1. The molecule has 1 N–H and O–H groups in total. The van der Waals surface area contributed by atoms with Crippen molar-refractivity contribution in [3.8, 4) is 0 Å². The first-order chi connectivity index (χ1) is 8.87. The molecule has 5 heteroatoms. The van der Waals surface area contributed by atoms with E-state index in [0.29, 0.717) is 0 Å². The molecule has 1 aliphatic rings. The molecule has 0 heterocycles. The molecule has 1 rings (SSSR count). The van der Waals surface area contributed by atoms with Crippen LogP contribution in [0, 0.1) is 0 Å². The number of amides is 1. The van der Waals surface area contributed by atoms with Crippen LogP contribution in [0.4, 0.5) is 4.79 Å². The molecule has 0 unspecified atom stereocenters. The SMILES string of the molecule is CC(C)(C)OC(=O)N/C=C\C(=O)OC1CCCCC1. The van der Waals surface area contributed by atoms with Crippen molar-refractivity contribution in [3.63, 3.8) is 0 Å². The van der Waals surface area contributed by atoms with Gasteiger partial charge in [-0.05, 0) is 46.5 Å². The smallest absolute Gasteiger partial charge is 0.411 e. The van der Waals surface area contributed by atoms with Gasteiger partial charge in [-0.1, -0.05) is 6.42 Å². The van der Waals surface area contributed by atoms with Crippen LogP contribution in [0.1, 0.15) is 52.9 Å². The van der Waals surface area contributed by atoms with Crippen LogP contribution in [-0.2, 0) is 14.3 Å². The van der Waals surface area contributed by atoms with Crippen LogP contribution in [0.3, 0.4) is 0 Å². The quantitative estimate of drug-likeness (QED) is 0.632. The summed E-state index contributed by atoms with van der Waals surface area (Å²) in [6, 6.07) is 0. The lowest BCUT2D eigenvalue weighted by molar-refractivity contribution is -0.144. The zero-order valence-corrected chi connectivity index (χ0v) is 11.9. The molecule has 0 atom stereocenters. The first-order valence-electron chi connectivity index (χ1n) is 6.73. The predicted octanol–water partition coefficient (Wildman–Crippen LogP) is 2.90. The maximum atomic E-state index is 11.5. The van der Waals surface area contributed by atoms with Crippen molar-refractivity contribution in [3.05, 3.63) is 12.3 Å². The Balaban J connectivity index is 2.24. The summed E-state index contributed by atoms with van der Waals surface area (Å²) >= 11 is 0. The average molecular weight is 269 g/mol. The van der Waals surface area contributed by atoms with E-state index in [-0.39, 0.29) is 6.10 Å². The maximum Gasteiger partial charge on any atom is 0.411 e. The molecular weight excluding hydrogens is 246 g/mol. The monoisotopic (exact) mass is 269 g/mol. The van der Waals surface area contributed by atoms with Gasteiger partial charge in [0.25, 0.3) is 0 Å². The second-order valence-electron chi connectivity index (χ2n) is 5.68. The fourth-order valence-corrected chi connectivity index (χ4v) is 1.87. The Hall–Kier alpha value is -1.52. The summed E-state index contributed by atoms with van der Waals surface area (Å²) in [6.07, 6.45) is 7.18. The number of carbonyl (C=O) groups is 2. The predicted molar refractivity (Wildman–Crippen MR) is 71.5 cm³/mol. The molecule has 0 saturated heterocycles. The summed E-state index contributed by atoms with van der Waals surface area (Å²) in [4.78, 5) is 22.8. The fourth-order valence-electron chi connectivity index (χ4n) is 1.87. The summed E-state index contributed by atoms with van der Waals surface area (Å²) in [5.41, 5.74) is -0.555. The maximum absolute atomic E-state index is 11.5. The molecule has 0 spiro atoms. The van der Waals surface area contributed by atoms with Crippen molar-refractivity contribution in [2.45, 2.75) is 64.6 Å². The Kier molecular flexibility index (Phi) is 5.86. The van der Waals surface area contributed by atoms with Gasteiger partial charge in [0.15, 0.2) is 0 Å². The molecule has 1 aliphatic carbocycles. The third kappa shape index (κ3) is 7.49. The lowest BCUT2D eigenvalue weighted by Crippen LogP contribution is -2.29. The van der Waals surface area contributed by atoms with Crippen LogP contribution < -0.4 is 5.32 Å². The minimum Gasteiger partial charge on any atom is -0.459 e. The third-order valence-corrected chi connectivity index (χ3v) is 2.65. The van der Waals surface area contributed by atoms with Gasteiger partial charge >= 0.3 is 12.1 Å². The standard InChI is InChI=1S/C14H23NO4/c1-14(2,3)19-13(17)15-10-9-12(16)18-11-7-5-4-6-8-11/h9-11H,4-8H2,1-3H3,(H,15,17)/b10-9-. The Morgan fingerprint density at radius 1 is 1.16 bits per heavy atom. The summed E-state index contributed by atoms with van der Waals surface area (Å²) in [5, 5.41) is 2.36. The Labute approximate surface area is 114 Å². The molecule has 0 aromatic carbocycles. The van der Waals surface area contributed by atoms with Crippen LogP contribution in [0.5, 0.6) is 0 Å². The minimum atomic E-state index is -0.589. The van der Waals surface area contributed by atoms with E-state index < -0.39 is 17.7 Å². The number of alkyl carbamates (subject to hydrolysis) is 1. The second-order valence-corrected chi connectivity index (χ2v) is 5.68. The highest BCUT2D eigenvalue weighted by Gasteiger charge is 2.17. The van der Waals surface area contributed by atoms with Crippen molar-refractivity contribution < 1.29 is 19.1 Å². The summed E-state index contributed by atoms with van der Waals surface area (Å²) in [6.45, 7) is 5.31. The highest BCUT2D eigenvalue weighted by Crippen LogP contribution is 2.20. The van der Waals surface area contributed by atoms with Crippen LogP contribution in [0.2, 0.25) is 0 Å². The molecule has 0 radical (unpaired) electrons. The van der Waals surface area contributed by atoms with Gasteiger partial charge in [-0.15, -0.1) is 0 Å². The number of carbonyl (C=O) groups excluding carboxylic acids is 2. The van der Waals surface area contributed by atoms with Crippen LogP contribution in [0.25, 0.3) is 0 Å². The van der Waals surface area contributed by atoms with Crippen molar-refractivity contribution in [1.82, 2.24) is 5.32 Å². The van der Waals surface area contributed by atoms with Gasteiger partial charge < -0.3 is 9.47 Å². The first kappa shape index (κ1) is 15.5. The van der Waals surface area contributed by atoms with E-state index in [1.165, 1.54) is 18.7 Å². The van der Waals surface area contributed by atoms with Crippen molar-refractivity contribution in [1.29, 1.82) is 0 Å². The molecule has 0 bridgehead atoms. The zero-order valence-electron chi connectivity index (χ0n) is 11.9. The summed E-state index contributed by atoms with van der Waals surface area (Å²) in [5.74, 6) is -0.428. The minimum absolute atomic E-state index is 0.0208. The molecule has 0 aromatic rings. The Morgan fingerprint density at radius 3 is 2.37 bits per heavy atom. The molecule has 0 aliphatic heterocycles. The zero-order chi connectivity index (χ0) is 14.3. The van der Waals surface area contributed by atoms with Gasteiger partial charge in [-0.25, -0.2) is 9.59 Å². The van der Waals surface area contributed by atoms with Crippen LogP contribution in [-0.4, -0.2) is 23.8 Å². The summed E-state index contributed by atoms with van der Waals surface area (Å²) < 4.78 is 10.3. The van der Waals surface area contributed by atoms with E-state index in [9.17, 15) is 9.59 Å². The van der Waals surface area contributed by atoms with Crippen molar-refractivity contribution in [2.24, 2.45) is 0 Å². The van der Waals surface area contributed by atoms with E-state index in [1.807, 2.05) is 0 Å². The van der Waals surface area contributed by atoms with Crippen LogP contribution >= 0.6 is 0 Å².